The third-order valence-corrected chi connectivity index (χ3v) is 5.26. The van der Waals surface area contributed by atoms with Gasteiger partial charge in [0, 0.05) is 6.54 Å². The molecule has 1 aliphatic heterocycles. The van der Waals surface area contributed by atoms with Crippen LogP contribution in [0.15, 0.2) is 0 Å². The largest absolute Gasteiger partial charge is 0.351 e. The molecule has 0 bridgehead atoms. The molecule has 1 amide bonds. The first-order chi connectivity index (χ1) is 9.02. The molecule has 2 heterocycles. The highest BCUT2D eigenvalue weighted by Crippen LogP contribution is 2.26. The van der Waals surface area contributed by atoms with Crippen molar-refractivity contribution in [2.45, 2.75) is 32.6 Å². The van der Waals surface area contributed by atoms with Crippen LogP contribution in [-0.2, 0) is 16.4 Å². The van der Waals surface area contributed by atoms with Gasteiger partial charge in [-0.15, -0.1) is 0 Å². The summed E-state index contributed by atoms with van der Waals surface area (Å²) < 4.78 is 26.0. The molecule has 0 fully saturated rings. The molecule has 0 radical (unpaired) electrons. The normalized spacial score (nSPS) is 15.5. The number of hydrogen-bond donors (Lipinski definition) is 2. The minimum Gasteiger partial charge on any atom is -0.351 e. The van der Waals surface area contributed by atoms with Crippen LogP contribution in [0.1, 0.15) is 41.6 Å². The zero-order valence-electron chi connectivity index (χ0n) is 10.7. The standard InChI is InChI=1S/C11H17N3O3S2/c1-2-3-7-19(16,17)14-11-13-8-5-4-6-12-10(15)9(8)18-11/h2-7H2,1H3,(H,12,15)(H,13,14). The Morgan fingerprint density at radius 3 is 3.00 bits per heavy atom. The molecule has 0 unspecified atom stereocenters. The zero-order valence-corrected chi connectivity index (χ0v) is 12.4. The fourth-order valence-electron chi connectivity index (χ4n) is 1.80. The highest BCUT2D eigenvalue weighted by Gasteiger charge is 2.22. The van der Waals surface area contributed by atoms with Gasteiger partial charge in [0.25, 0.3) is 5.91 Å². The molecule has 1 aromatic rings. The molecule has 8 heteroatoms. The van der Waals surface area contributed by atoms with Gasteiger partial charge in [0.1, 0.15) is 4.88 Å². The number of nitrogens with one attached hydrogen (secondary N) is 2. The molecule has 106 valence electrons. The van der Waals surface area contributed by atoms with E-state index in [1.165, 1.54) is 0 Å². The topological polar surface area (TPSA) is 88.2 Å². The molecule has 0 saturated heterocycles. The average Bonchev–Trinajstić information content (AvgIpc) is 2.66. The van der Waals surface area contributed by atoms with Crippen LogP contribution in [0.2, 0.25) is 0 Å². The fraction of sp³-hybridized carbons (Fsp3) is 0.636. The van der Waals surface area contributed by atoms with Crippen LogP contribution in [-0.4, -0.2) is 31.6 Å². The first kappa shape index (κ1) is 14.3. The minimum atomic E-state index is -3.36. The van der Waals surface area contributed by atoms with E-state index in [0.717, 1.165) is 24.2 Å². The molecular formula is C11H17N3O3S2. The summed E-state index contributed by atoms with van der Waals surface area (Å²) in [6, 6.07) is 0. The van der Waals surface area contributed by atoms with Gasteiger partial charge in [-0.1, -0.05) is 24.7 Å². The van der Waals surface area contributed by atoms with Crippen molar-refractivity contribution in [1.82, 2.24) is 10.3 Å². The van der Waals surface area contributed by atoms with Gasteiger partial charge in [-0.3, -0.25) is 9.52 Å². The predicted octanol–water partition coefficient (Wildman–Crippen LogP) is 1.36. The smallest absolute Gasteiger partial charge is 0.263 e. The second-order valence-electron chi connectivity index (χ2n) is 4.43. The van der Waals surface area contributed by atoms with E-state index in [2.05, 4.69) is 15.0 Å². The van der Waals surface area contributed by atoms with Gasteiger partial charge in [0.2, 0.25) is 10.0 Å². The van der Waals surface area contributed by atoms with Crippen LogP contribution >= 0.6 is 11.3 Å². The first-order valence-electron chi connectivity index (χ1n) is 6.30. The summed E-state index contributed by atoms with van der Waals surface area (Å²) in [7, 11) is -3.36. The second kappa shape index (κ2) is 5.87. The lowest BCUT2D eigenvalue weighted by atomic mass is 10.2. The van der Waals surface area contributed by atoms with Crippen molar-refractivity contribution in [2.24, 2.45) is 0 Å². The summed E-state index contributed by atoms with van der Waals surface area (Å²) in [6.07, 6.45) is 2.95. The monoisotopic (exact) mass is 303 g/mol. The van der Waals surface area contributed by atoms with Crippen LogP contribution < -0.4 is 10.0 Å². The maximum absolute atomic E-state index is 11.8. The number of nitrogens with zero attached hydrogens (tertiary/aromatic N) is 1. The lowest BCUT2D eigenvalue weighted by molar-refractivity contribution is 0.0960. The van der Waals surface area contributed by atoms with Crippen LogP contribution in [0.3, 0.4) is 0 Å². The van der Waals surface area contributed by atoms with Crippen molar-refractivity contribution in [3.05, 3.63) is 10.6 Å². The van der Waals surface area contributed by atoms with E-state index in [1.807, 2.05) is 6.92 Å². The summed E-state index contributed by atoms with van der Waals surface area (Å²) in [5, 5.41) is 3.06. The van der Waals surface area contributed by atoms with Crippen molar-refractivity contribution >= 4 is 32.4 Å². The number of aromatic nitrogens is 1. The number of carbonyl (C=O) groups excluding carboxylic acids is 1. The van der Waals surface area contributed by atoms with Gasteiger partial charge in [-0.25, -0.2) is 13.4 Å². The van der Waals surface area contributed by atoms with Gasteiger partial charge in [0.15, 0.2) is 5.13 Å². The summed E-state index contributed by atoms with van der Waals surface area (Å²) in [6.45, 7) is 2.57. The number of rotatable bonds is 5. The first-order valence-corrected chi connectivity index (χ1v) is 8.77. The van der Waals surface area contributed by atoms with Crippen LogP contribution in [0, 0.1) is 0 Å². The molecule has 0 saturated carbocycles. The molecule has 19 heavy (non-hydrogen) atoms. The van der Waals surface area contributed by atoms with Gasteiger partial charge in [0.05, 0.1) is 11.4 Å². The third kappa shape index (κ3) is 3.66. The Morgan fingerprint density at radius 2 is 2.26 bits per heavy atom. The Bertz CT molecular complexity index is 566. The summed E-state index contributed by atoms with van der Waals surface area (Å²) in [5.74, 6) is -0.0797. The molecular weight excluding hydrogens is 286 g/mol. The number of thiazole rings is 1. The quantitative estimate of drug-likeness (QED) is 0.859. The Hall–Kier alpha value is -1.15. The Labute approximate surface area is 116 Å². The maximum Gasteiger partial charge on any atom is 0.263 e. The zero-order chi connectivity index (χ0) is 13.9. The van der Waals surface area contributed by atoms with E-state index in [-0.39, 0.29) is 16.8 Å². The summed E-state index contributed by atoms with van der Waals surface area (Å²) >= 11 is 1.10. The number of amides is 1. The summed E-state index contributed by atoms with van der Waals surface area (Å²) in [4.78, 5) is 16.5. The third-order valence-electron chi connectivity index (χ3n) is 2.79. The molecule has 0 atom stereocenters. The predicted molar refractivity (Wildman–Crippen MR) is 75.1 cm³/mol. The van der Waals surface area contributed by atoms with E-state index in [1.54, 1.807) is 0 Å². The average molecular weight is 303 g/mol. The van der Waals surface area contributed by atoms with Crippen LogP contribution in [0.5, 0.6) is 0 Å². The highest BCUT2D eigenvalue weighted by molar-refractivity contribution is 7.92. The van der Waals surface area contributed by atoms with Crippen molar-refractivity contribution in [3.63, 3.8) is 0 Å². The van der Waals surface area contributed by atoms with E-state index in [9.17, 15) is 13.2 Å². The van der Waals surface area contributed by atoms with E-state index < -0.39 is 10.0 Å². The number of aryl methyl sites for hydroxylation is 1. The van der Waals surface area contributed by atoms with Crippen LogP contribution in [0.25, 0.3) is 0 Å². The number of hydrogen-bond acceptors (Lipinski definition) is 5. The van der Waals surface area contributed by atoms with Gasteiger partial charge in [-0.05, 0) is 19.3 Å². The molecule has 2 N–H and O–H groups in total. The molecule has 1 aliphatic rings. The number of anilines is 1. The number of sulfonamides is 1. The van der Waals surface area contributed by atoms with Crippen molar-refractivity contribution in [3.8, 4) is 0 Å². The summed E-state index contributed by atoms with van der Waals surface area (Å²) in [5.41, 5.74) is 0.688. The number of fused-ring (bicyclic) bond motifs is 1. The molecule has 1 aromatic heterocycles. The van der Waals surface area contributed by atoms with Gasteiger partial charge in [-0.2, -0.15) is 0 Å². The minimum absolute atomic E-state index is 0.0833. The SMILES string of the molecule is CCCCS(=O)(=O)Nc1nc2c(s1)C(=O)NCCC2. The lowest BCUT2D eigenvalue weighted by Gasteiger charge is -2.03. The lowest BCUT2D eigenvalue weighted by Crippen LogP contribution is -2.21. The van der Waals surface area contributed by atoms with Crippen molar-refractivity contribution in [1.29, 1.82) is 0 Å². The molecule has 0 aromatic carbocycles. The molecule has 6 nitrogen and oxygen atoms in total. The maximum atomic E-state index is 11.8. The Balaban J connectivity index is 2.15. The van der Waals surface area contributed by atoms with Gasteiger partial charge >= 0.3 is 0 Å². The number of carbonyl (C=O) groups is 1. The van der Waals surface area contributed by atoms with Gasteiger partial charge < -0.3 is 5.32 Å². The van der Waals surface area contributed by atoms with Crippen molar-refractivity contribution in [2.75, 3.05) is 17.0 Å². The molecule has 0 spiro atoms. The van der Waals surface area contributed by atoms with E-state index in [0.29, 0.717) is 30.0 Å². The molecule has 0 aliphatic carbocycles. The Kier molecular flexibility index (Phi) is 4.41. The van der Waals surface area contributed by atoms with Crippen molar-refractivity contribution < 1.29 is 13.2 Å². The second-order valence-corrected chi connectivity index (χ2v) is 7.27. The molecule has 2 rings (SSSR count). The Morgan fingerprint density at radius 1 is 1.47 bits per heavy atom. The highest BCUT2D eigenvalue weighted by atomic mass is 32.2. The van der Waals surface area contributed by atoms with Crippen LogP contribution in [0.4, 0.5) is 5.13 Å². The number of unbranched alkanes of at least 4 members (excludes halogenated alkanes) is 1. The fourth-order valence-corrected chi connectivity index (χ4v) is 4.21. The van der Waals surface area contributed by atoms with E-state index in [4.69, 9.17) is 0 Å². The van der Waals surface area contributed by atoms with E-state index >= 15 is 0 Å².